The zero-order valence-corrected chi connectivity index (χ0v) is 15.3. The van der Waals surface area contributed by atoms with Gasteiger partial charge in [0.2, 0.25) is 15.9 Å². The number of carbonyl (C=O) groups is 1. The van der Waals surface area contributed by atoms with Gasteiger partial charge in [0.25, 0.3) is 0 Å². The Morgan fingerprint density at radius 3 is 2.60 bits per heavy atom. The highest BCUT2D eigenvalue weighted by Gasteiger charge is 2.26. The van der Waals surface area contributed by atoms with Crippen LogP contribution in [0.15, 0.2) is 29.2 Å². The maximum absolute atomic E-state index is 12.6. The van der Waals surface area contributed by atoms with Crippen molar-refractivity contribution in [1.82, 2.24) is 4.31 Å². The maximum Gasteiger partial charge on any atom is 0.243 e. The summed E-state index contributed by atoms with van der Waals surface area (Å²) in [5.41, 5.74) is 5.94. The number of rotatable bonds is 9. The minimum Gasteiger partial charge on any atom is -0.379 e. The van der Waals surface area contributed by atoms with E-state index in [9.17, 15) is 13.2 Å². The molecule has 0 spiro atoms. The van der Waals surface area contributed by atoms with Crippen LogP contribution in [0.5, 0.6) is 0 Å². The number of hydrogen-bond donors (Lipinski definition) is 2. The van der Waals surface area contributed by atoms with E-state index in [-0.39, 0.29) is 10.8 Å². The van der Waals surface area contributed by atoms with E-state index in [0.717, 1.165) is 25.7 Å². The fourth-order valence-corrected chi connectivity index (χ4v) is 4.13. The molecule has 0 bridgehead atoms. The van der Waals surface area contributed by atoms with Crippen molar-refractivity contribution < 1.29 is 17.9 Å². The number of sulfonamides is 1. The van der Waals surface area contributed by atoms with Crippen molar-refractivity contribution in [3.63, 3.8) is 0 Å². The zero-order valence-electron chi connectivity index (χ0n) is 14.4. The molecule has 0 radical (unpaired) electrons. The molecule has 0 aliphatic carbocycles. The molecule has 1 amide bonds. The summed E-state index contributed by atoms with van der Waals surface area (Å²) in [5, 5.41) is 2.78. The number of nitrogens with one attached hydrogen (secondary N) is 1. The van der Waals surface area contributed by atoms with Crippen molar-refractivity contribution in [2.75, 3.05) is 38.2 Å². The second-order valence-electron chi connectivity index (χ2n) is 6.05. The molecule has 25 heavy (non-hydrogen) atoms. The number of carbonyl (C=O) groups excluding carboxylic acids is 1. The highest BCUT2D eigenvalue weighted by atomic mass is 32.2. The van der Waals surface area contributed by atoms with Gasteiger partial charge in [0, 0.05) is 25.2 Å². The van der Waals surface area contributed by atoms with Crippen molar-refractivity contribution in [2.24, 2.45) is 5.73 Å². The molecule has 140 valence electrons. The molecule has 1 aromatic rings. The van der Waals surface area contributed by atoms with Crippen molar-refractivity contribution in [3.8, 4) is 0 Å². The van der Waals surface area contributed by atoms with Crippen molar-refractivity contribution >= 4 is 21.6 Å². The Labute approximate surface area is 149 Å². The molecule has 0 atom stereocenters. The van der Waals surface area contributed by atoms with Crippen LogP contribution >= 0.6 is 0 Å². The van der Waals surface area contributed by atoms with Crippen LogP contribution in [0.2, 0.25) is 0 Å². The van der Waals surface area contributed by atoms with Crippen LogP contribution < -0.4 is 11.1 Å². The standard InChI is InChI=1S/C17H27N3O4S/c18-9-4-2-1-3-8-17(21)19-15-6-5-7-16(14-15)25(22,23)20-10-12-24-13-11-20/h5-7,14H,1-4,8-13,18H2,(H,19,21). The predicted molar refractivity (Wildman–Crippen MR) is 96.8 cm³/mol. The van der Waals surface area contributed by atoms with E-state index in [2.05, 4.69) is 5.32 Å². The monoisotopic (exact) mass is 369 g/mol. The summed E-state index contributed by atoms with van der Waals surface area (Å²) in [6.07, 6.45) is 4.19. The van der Waals surface area contributed by atoms with Gasteiger partial charge in [-0.3, -0.25) is 4.79 Å². The molecule has 1 fully saturated rings. The second kappa shape index (κ2) is 9.86. The molecule has 1 saturated heterocycles. The van der Waals surface area contributed by atoms with E-state index < -0.39 is 10.0 Å². The second-order valence-corrected chi connectivity index (χ2v) is 7.98. The lowest BCUT2D eigenvalue weighted by Crippen LogP contribution is -2.40. The normalized spacial score (nSPS) is 15.9. The minimum absolute atomic E-state index is 0.103. The van der Waals surface area contributed by atoms with Crippen molar-refractivity contribution in [1.29, 1.82) is 0 Å². The van der Waals surface area contributed by atoms with E-state index in [4.69, 9.17) is 10.5 Å². The molecule has 8 heteroatoms. The molecule has 0 unspecified atom stereocenters. The molecule has 3 N–H and O–H groups in total. The lowest BCUT2D eigenvalue weighted by Gasteiger charge is -2.26. The smallest absolute Gasteiger partial charge is 0.243 e. The summed E-state index contributed by atoms with van der Waals surface area (Å²) in [7, 11) is -3.56. The van der Waals surface area contributed by atoms with Crippen LogP contribution in [-0.2, 0) is 19.6 Å². The van der Waals surface area contributed by atoms with Crippen LogP contribution in [0.3, 0.4) is 0 Å². The van der Waals surface area contributed by atoms with Crippen molar-refractivity contribution in [3.05, 3.63) is 24.3 Å². The summed E-state index contributed by atoms with van der Waals surface area (Å²) in [6.45, 7) is 2.18. The van der Waals surface area contributed by atoms with Crippen LogP contribution in [0.25, 0.3) is 0 Å². The topological polar surface area (TPSA) is 102 Å². The van der Waals surface area contributed by atoms with E-state index in [1.54, 1.807) is 18.2 Å². The zero-order chi connectivity index (χ0) is 18.1. The summed E-state index contributed by atoms with van der Waals surface area (Å²) >= 11 is 0. The fourth-order valence-electron chi connectivity index (χ4n) is 2.68. The fraction of sp³-hybridized carbons (Fsp3) is 0.588. The molecule has 1 aliphatic heterocycles. The quantitative estimate of drug-likeness (QED) is 0.643. The number of anilines is 1. The Balaban J connectivity index is 1.93. The van der Waals surface area contributed by atoms with Gasteiger partial charge in [-0.15, -0.1) is 0 Å². The molecule has 1 aliphatic rings. The first kappa shape index (κ1) is 19.8. The highest BCUT2D eigenvalue weighted by Crippen LogP contribution is 2.20. The molecule has 1 aromatic carbocycles. The van der Waals surface area contributed by atoms with E-state index in [1.165, 1.54) is 10.4 Å². The first-order chi connectivity index (χ1) is 12.0. The van der Waals surface area contributed by atoms with Gasteiger partial charge < -0.3 is 15.8 Å². The Morgan fingerprint density at radius 2 is 1.88 bits per heavy atom. The average molecular weight is 369 g/mol. The Morgan fingerprint density at radius 1 is 1.16 bits per heavy atom. The summed E-state index contributed by atoms with van der Waals surface area (Å²) < 4.78 is 31.9. The highest BCUT2D eigenvalue weighted by molar-refractivity contribution is 7.89. The molecule has 2 rings (SSSR count). The lowest BCUT2D eigenvalue weighted by molar-refractivity contribution is -0.116. The molecule has 0 saturated carbocycles. The molecule has 1 heterocycles. The maximum atomic E-state index is 12.6. The van der Waals surface area contributed by atoms with Gasteiger partial charge in [0.05, 0.1) is 18.1 Å². The number of hydrogen-bond acceptors (Lipinski definition) is 5. The first-order valence-electron chi connectivity index (χ1n) is 8.72. The van der Waals surface area contributed by atoms with Crippen molar-refractivity contribution in [2.45, 2.75) is 37.0 Å². The largest absolute Gasteiger partial charge is 0.379 e. The van der Waals surface area contributed by atoms with Crippen LogP contribution in [0, 0.1) is 0 Å². The molecule has 0 aromatic heterocycles. The van der Waals surface area contributed by atoms with E-state index in [1.807, 2.05) is 0 Å². The number of amides is 1. The Hall–Kier alpha value is -1.48. The average Bonchev–Trinajstić information content (AvgIpc) is 2.62. The number of benzene rings is 1. The van der Waals surface area contributed by atoms with Gasteiger partial charge in [0.15, 0.2) is 0 Å². The van der Waals surface area contributed by atoms with Gasteiger partial charge in [-0.2, -0.15) is 4.31 Å². The number of ether oxygens (including phenoxy) is 1. The van der Waals surface area contributed by atoms with Gasteiger partial charge in [-0.1, -0.05) is 18.9 Å². The lowest BCUT2D eigenvalue weighted by atomic mass is 10.1. The summed E-state index contributed by atoms with van der Waals surface area (Å²) in [5.74, 6) is -0.103. The molecule has 7 nitrogen and oxygen atoms in total. The third-order valence-electron chi connectivity index (χ3n) is 4.08. The number of morpholine rings is 1. The van der Waals surface area contributed by atoms with Gasteiger partial charge in [0.1, 0.15) is 0 Å². The molecular weight excluding hydrogens is 342 g/mol. The van der Waals surface area contributed by atoms with Gasteiger partial charge >= 0.3 is 0 Å². The number of unbranched alkanes of at least 4 members (excludes halogenated alkanes) is 3. The number of nitrogens with two attached hydrogens (primary N) is 1. The summed E-state index contributed by atoms with van der Waals surface area (Å²) in [4.78, 5) is 12.2. The van der Waals surface area contributed by atoms with Gasteiger partial charge in [-0.25, -0.2) is 8.42 Å². The van der Waals surface area contributed by atoms with Crippen LogP contribution in [0.4, 0.5) is 5.69 Å². The third kappa shape index (κ3) is 6.07. The minimum atomic E-state index is -3.56. The predicted octanol–water partition coefficient (Wildman–Crippen LogP) is 1.56. The first-order valence-corrected chi connectivity index (χ1v) is 10.2. The Bertz CT molecular complexity index is 658. The van der Waals surface area contributed by atoms with Gasteiger partial charge in [-0.05, 0) is 37.6 Å². The van der Waals surface area contributed by atoms with Crippen LogP contribution in [-0.4, -0.2) is 51.5 Å². The summed E-state index contributed by atoms with van der Waals surface area (Å²) in [6, 6.07) is 6.40. The SMILES string of the molecule is NCCCCCCC(=O)Nc1cccc(S(=O)(=O)N2CCOCC2)c1. The van der Waals surface area contributed by atoms with Crippen LogP contribution in [0.1, 0.15) is 32.1 Å². The van der Waals surface area contributed by atoms with E-state index >= 15 is 0 Å². The van der Waals surface area contributed by atoms with E-state index in [0.29, 0.717) is 45.0 Å². The number of nitrogens with zero attached hydrogens (tertiary/aromatic N) is 1. The molecular formula is C17H27N3O4S. The Kier molecular flexibility index (Phi) is 7.83. The third-order valence-corrected chi connectivity index (χ3v) is 5.98.